The van der Waals surface area contributed by atoms with Gasteiger partial charge in [-0.15, -0.1) is 4.91 Å². The molecule has 1 rings (SSSR count). The minimum absolute atomic E-state index is 0.115. The van der Waals surface area contributed by atoms with E-state index in [1.54, 1.807) is 6.07 Å². The van der Waals surface area contributed by atoms with Crippen LogP contribution in [0.3, 0.4) is 0 Å². The Morgan fingerprint density at radius 1 is 1.60 bits per heavy atom. The van der Waals surface area contributed by atoms with Crippen LogP contribution in [-0.4, -0.2) is 4.98 Å². The first-order chi connectivity index (χ1) is 4.74. The van der Waals surface area contributed by atoms with Crippen LogP contribution in [0.25, 0.3) is 0 Å². The summed E-state index contributed by atoms with van der Waals surface area (Å²) in [5, 5.41) is 2.76. The molecule has 0 spiro atoms. The van der Waals surface area contributed by atoms with Crippen molar-refractivity contribution in [1.82, 2.24) is 4.98 Å². The highest BCUT2D eigenvalue weighted by atomic mass is 79.9. The van der Waals surface area contributed by atoms with E-state index in [4.69, 9.17) is 11.6 Å². The van der Waals surface area contributed by atoms with E-state index in [2.05, 4.69) is 26.1 Å². The second-order valence-corrected chi connectivity index (χ2v) is 2.71. The van der Waals surface area contributed by atoms with Crippen molar-refractivity contribution in [2.24, 2.45) is 5.18 Å². The summed E-state index contributed by atoms with van der Waals surface area (Å²) in [5.74, 6) is 0. The van der Waals surface area contributed by atoms with Crippen molar-refractivity contribution in [3.05, 3.63) is 26.8 Å². The molecular formula is C5H2BrClN2O. The number of nitroso groups, excluding NO2 is 1. The Labute approximate surface area is 70.5 Å². The van der Waals surface area contributed by atoms with Crippen LogP contribution < -0.4 is 0 Å². The summed E-state index contributed by atoms with van der Waals surface area (Å²) >= 11 is 8.58. The third kappa shape index (κ3) is 1.52. The molecule has 0 fully saturated rings. The van der Waals surface area contributed by atoms with E-state index in [0.29, 0.717) is 4.60 Å². The third-order valence-corrected chi connectivity index (χ3v) is 1.61. The van der Waals surface area contributed by atoms with Gasteiger partial charge in [0.05, 0.1) is 0 Å². The molecular weight excluding hydrogens is 219 g/mol. The fourth-order valence-corrected chi connectivity index (χ4v) is 1.07. The second-order valence-electron chi connectivity index (χ2n) is 1.54. The van der Waals surface area contributed by atoms with Crippen molar-refractivity contribution < 1.29 is 0 Å². The van der Waals surface area contributed by atoms with Crippen molar-refractivity contribution in [2.75, 3.05) is 0 Å². The minimum Gasteiger partial charge on any atom is -0.227 e. The molecule has 1 aromatic heterocycles. The predicted octanol–water partition coefficient (Wildman–Crippen LogP) is 2.90. The van der Waals surface area contributed by atoms with E-state index in [-0.39, 0.29) is 10.8 Å². The molecule has 0 saturated heterocycles. The molecule has 0 saturated carbocycles. The minimum atomic E-state index is 0.115. The van der Waals surface area contributed by atoms with E-state index >= 15 is 0 Å². The van der Waals surface area contributed by atoms with E-state index in [1.165, 1.54) is 6.07 Å². The molecule has 0 aliphatic carbocycles. The smallest absolute Gasteiger partial charge is 0.159 e. The highest BCUT2D eigenvalue weighted by Gasteiger charge is 2.00. The standard InChI is InChI=1S/C5H2BrClN2O/c6-4-2-1-3(9-10)5(7)8-4/h1-2H. The van der Waals surface area contributed by atoms with Gasteiger partial charge >= 0.3 is 0 Å². The van der Waals surface area contributed by atoms with Crippen LogP contribution in [-0.2, 0) is 0 Å². The molecule has 3 nitrogen and oxygen atoms in total. The number of halogens is 2. The summed E-state index contributed by atoms with van der Waals surface area (Å²) in [6.45, 7) is 0. The lowest BCUT2D eigenvalue weighted by Gasteiger charge is -1.91. The third-order valence-electron chi connectivity index (χ3n) is 0.893. The Hall–Kier alpha value is -0.480. The molecule has 5 heteroatoms. The van der Waals surface area contributed by atoms with Gasteiger partial charge in [0.1, 0.15) is 10.3 Å². The van der Waals surface area contributed by atoms with Gasteiger partial charge < -0.3 is 0 Å². The van der Waals surface area contributed by atoms with E-state index in [1.807, 2.05) is 0 Å². The molecule has 0 aromatic carbocycles. The molecule has 0 aliphatic heterocycles. The summed E-state index contributed by atoms with van der Waals surface area (Å²) in [5.41, 5.74) is 0.157. The van der Waals surface area contributed by atoms with Crippen molar-refractivity contribution in [3.8, 4) is 0 Å². The Morgan fingerprint density at radius 2 is 2.30 bits per heavy atom. The SMILES string of the molecule is O=Nc1ccc(Br)nc1Cl. The second kappa shape index (κ2) is 3.07. The molecule has 52 valence electrons. The summed E-state index contributed by atoms with van der Waals surface area (Å²) in [6.07, 6.45) is 0. The van der Waals surface area contributed by atoms with Crippen LogP contribution in [0.4, 0.5) is 5.69 Å². The first-order valence-corrected chi connectivity index (χ1v) is 3.56. The van der Waals surface area contributed by atoms with Gasteiger partial charge in [-0.2, -0.15) is 0 Å². The van der Waals surface area contributed by atoms with Crippen LogP contribution in [0.1, 0.15) is 0 Å². The largest absolute Gasteiger partial charge is 0.227 e. The molecule has 0 atom stereocenters. The Morgan fingerprint density at radius 3 is 2.80 bits per heavy atom. The van der Waals surface area contributed by atoms with Gasteiger partial charge in [-0.3, -0.25) is 0 Å². The average Bonchev–Trinajstić information content (AvgIpc) is 1.88. The van der Waals surface area contributed by atoms with Crippen molar-refractivity contribution in [2.45, 2.75) is 0 Å². The summed E-state index contributed by atoms with van der Waals surface area (Å²) in [6, 6.07) is 3.09. The first-order valence-electron chi connectivity index (χ1n) is 2.39. The van der Waals surface area contributed by atoms with E-state index in [0.717, 1.165) is 0 Å². The van der Waals surface area contributed by atoms with Crippen LogP contribution in [0.2, 0.25) is 5.15 Å². The number of rotatable bonds is 1. The maximum atomic E-state index is 9.95. The Bertz CT molecular complexity index is 266. The van der Waals surface area contributed by atoms with Gasteiger partial charge in [-0.25, -0.2) is 4.98 Å². The Kier molecular flexibility index (Phi) is 2.34. The first kappa shape index (κ1) is 7.63. The topological polar surface area (TPSA) is 42.3 Å². The monoisotopic (exact) mass is 220 g/mol. The quantitative estimate of drug-likeness (QED) is 0.540. The molecule has 1 heterocycles. The van der Waals surface area contributed by atoms with Crippen molar-refractivity contribution >= 4 is 33.2 Å². The molecule has 0 radical (unpaired) electrons. The lowest BCUT2D eigenvalue weighted by molar-refractivity contribution is 1.26. The van der Waals surface area contributed by atoms with Crippen molar-refractivity contribution in [3.63, 3.8) is 0 Å². The molecule has 1 aromatic rings. The lowest BCUT2D eigenvalue weighted by Crippen LogP contribution is -1.75. The lowest BCUT2D eigenvalue weighted by atomic mass is 10.4. The number of hydrogen-bond donors (Lipinski definition) is 0. The number of hydrogen-bond acceptors (Lipinski definition) is 3. The van der Waals surface area contributed by atoms with E-state index < -0.39 is 0 Å². The highest BCUT2D eigenvalue weighted by molar-refractivity contribution is 9.10. The maximum absolute atomic E-state index is 9.95. The van der Waals surface area contributed by atoms with Crippen LogP contribution in [0, 0.1) is 4.91 Å². The summed E-state index contributed by atoms with van der Waals surface area (Å²) in [4.78, 5) is 13.7. The van der Waals surface area contributed by atoms with Crippen LogP contribution in [0.15, 0.2) is 21.9 Å². The van der Waals surface area contributed by atoms with Gasteiger partial charge in [0.15, 0.2) is 5.15 Å². The molecule has 0 unspecified atom stereocenters. The fourth-order valence-electron chi connectivity index (χ4n) is 0.473. The maximum Gasteiger partial charge on any atom is 0.159 e. The van der Waals surface area contributed by atoms with Crippen LogP contribution >= 0.6 is 27.5 Å². The van der Waals surface area contributed by atoms with E-state index in [9.17, 15) is 4.91 Å². The molecule has 0 amide bonds. The van der Waals surface area contributed by atoms with Gasteiger partial charge in [-0.1, -0.05) is 11.6 Å². The Balaban J connectivity index is 3.19. The predicted molar refractivity (Wildman–Crippen MR) is 42.4 cm³/mol. The molecule has 10 heavy (non-hydrogen) atoms. The average molecular weight is 221 g/mol. The zero-order valence-corrected chi connectivity index (χ0v) is 7.06. The number of aromatic nitrogens is 1. The normalized spacial score (nSPS) is 9.40. The highest BCUT2D eigenvalue weighted by Crippen LogP contribution is 2.23. The zero-order chi connectivity index (χ0) is 7.56. The van der Waals surface area contributed by atoms with Gasteiger partial charge in [0, 0.05) is 0 Å². The molecule has 0 bridgehead atoms. The zero-order valence-electron chi connectivity index (χ0n) is 4.71. The number of pyridine rings is 1. The van der Waals surface area contributed by atoms with Crippen molar-refractivity contribution in [1.29, 1.82) is 0 Å². The van der Waals surface area contributed by atoms with Gasteiger partial charge in [0.2, 0.25) is 0 Å². The summed E-state index contributed by atoms with van der Waals surface area (Å²) < 4.78 is 0.588. The molecule has 0 aliphatic rings. The summed E-state index contributed by atoms with van der Waals surface area (Å²) in [7, 11) is 0. The molecule has 0 N–H and O–H groups in total. The van der Waals surface area contributed by atoms with Gasteiger partial charge in [0.25, 0.3) is 0 Å². The van der Waals surface area contributed by atoms with Gasteiger partial charge in [-0.05, 0) is 33.2 Å². The fraction of sp³-hybridized carbons (Fsp3) is 0. The van der Waals surface area contributed by atoms with Crippen LogP contribution in [0.5, 0.6) is 0 Å². The number of nitrogens with zero attached hydrogens (tertiary/aromatic N) is 2.